The van der Waals surface area contributed by atoms with Crippen molar-refractivity contribution < 1.29 is 0 Å². The molecule has 0 aromatic heterocycles. The van der Waals surface area contributed by atoms with Gasteiger partial charge in [0.1, 0.15) is 0 Å². The number of aliphatic imine (C=N–C) groups is 1. The minimum absolute atomic E-state index is 0.549. The number of guanidine groups is 1. The van der Waals surface area contributed by atoms with Crippen molar-refractivity contribution in [2.75, 3.05) is 26.2 Å². The van der Waals surface area contributed by atoms with Crippen molar-refractivity contribution in [2.45, 2.75) is 51.0 Å². The normalized spacial score (nSPS) is 23.5. The van der Waals surface area contributed by atoms with Gasteiger partial charge in [0.2, 0.25) is 0 Å². The molecule has 0 bridgehead atoms. The Hall–Kier alpha value is -1.55. The van der Waals surface area contributed by atoms with Crippen LogP contribution in [0.1, 0.15) is 44.1 Å². The third-order valence-electron chi connectivity index (χ3n) is 5.41. The first-order chi connectivity index (χ1) is 11.8. The average molecular weight is 329 g/mol. The summed E-state index contributed by atoms with van der Waals surface area (Å²) in [5.74, 6) is 1.32. The van der Waals surface area contributed by atoms with Crippen molar-refractivity contribution in [2.24, 2.45) is 16.6 Å². The summed E-state index contributed by atoms with van der Waals surface area (Å²) in [6.45, 7) is 4.38. The zero-order valence-electron chi connectivity index (χ0n) is 14.8. The van der Waals surface area contributed by atoms with E-state index in [0.717, 1.165) is 26.1 Å². The van der Waals surface area contributed by atoms with E-state index in [0.29, 0.717) is 17.9 Å². The predicted molar refractivity (Wildman–Crippen MR) is 101 cm³/mol. The molecular formula is C20H32N4. The van der Waals surface area contributed by atoms with E-state index in [2.05, 4.69) is 45.5 Å². The summed E-state index contributed by atoms with van der Waals surface area (Å²) >= 11 is 0. The van der Waals surface area contributed by atoms with E-state index in [9.17, 15) is 0 Å². The highest BCUT2D eigenvalue weighted by Gasteiger charge is 2.22. The lowest BCUT2D eigenvalue weighted by Gasteiger charge is -2.23. The monoisotopic (exact) mass is 328 g/mol. The molecule has 1 atom stereocenters. The lowest BCUT2D eigenvalue weighted by Crippen LogP contribution is -2.41. The topological polar surface area (TPSA) is 53.6 Å². The average Bonchev–Trinajstić information content (AvgIpc) is 3.08. The summed E-state index contributed by atoms with van der Waals surface area (Å²) < 4.78 is 0. The highest BCUT2D eigenvalue weighted by molar-refractivity contribution is 5.78. The molecule has 1 aromatic carbocycles. The maximum absolute atomic E-state index is 6.08. The van der Waals surface area contributed by atoms with Gasteiger partial charge in [0.05, 0.1) is 0 Å². The van der Waals surface area contributed by atoms with Crippen LogP contribution in [0.25, 0.3) is 0 Å². The number of hydrogen-bond donors (Lipinski definition) is 2. The molecule has 2 aliphatic rings. The molecule has 0 radical (unpaired) electrons. The van der Waals surface area contributed by atoms with Crippen LogP contribution in [0.2, 0.25) is 0 Å². The Bertz CT molecular complexity index is 508. The number of likely N-dealkylation sites (tertiary alicyclic amines) is 1. The summed E-state index contributed by atoms with van der Waals surface area (Å²) in [6.07, 6.45) is 8.89. The molecule has 0 amide bonds. The van der Waals surface area contributed by atoms with Crippen molar-refractivity contribution >= 4 is 5.96 Å². The molecule has 0 spiro atoms. The Morgan fingerprint density at radius 2 is 1.92 bits per heavy atom. The van der Waals surface area contributed by atoms with Gasteiger partial charge in [0, 0.05) is 25.7 Å². The number of benzene rings is 1. The van der Waals surface area contributed by atoms with E-state index in [1.54, 1.807) is 0 Å². The van der Waals surface area contributed by atoms with Crippen molar-refractivity contribution in [3.8, 4) is 0 Å². The van der Waals surface area contributed by atoms with Crippen LogP contribution in [-0.4, -0.2) is 43.1 Å². The minimum Gasteiger partial charge on any atom is -0.370 e. The Kier molecular flexibility index (Phi) is 6.53. The summed E-state index contributed by atoms with van der Waals surface area (Å²) in [5.41, 5.74) is 7.51. The van der Waals surface area contributed by atoms with Crippen molar-refractivity contribution in [3.63, 3.8) is 0 Å². The number of nitrogens with two attached hydrogens (primary N) is 1. The van der Waals surface area contributed by atoms with E-state index in [4.69, 9.17) is 5.73 Å². The Balaban J connectivity index is 1.35. The van der Waals surface area contributed by atoms with Crippen LogP contribution in [0, 0.1) is 5.92 Å². The van der Waals surface area contributed by atoms with Gasteiger partial charge in [-0.25, -0.2) is 0 Å². The maximum atomic E-state index is 6.08. The van der Waals surface area contributed by atoms with Crippen molar-refractivity contribution in [1.82, 2.24) is 10.2 Å². The summed E-state index contributed by atoms with van der Waals surface area (Å²) in [4.78, 5) is 7.18. The van der Waals surface area contributed by atoms with Gasteiger partial charge in [-0.05, 0) is 43.7 Å². The molecule has 4 nitrogen and oxygen atoms in total. The quantitative estimate of drug-likeness (QED) is 0.624. The molecule has 1 saturated carbocycles. The first-order valence-corrected chi connectivity index (χ1v) is 9.62. The molecule has 1 saturated heterocycles. The van der Waals surface area contributed by atoms with E-state index in [1.807, 2.05) is 0 Å². The second-order valence-corrected chi connectivity index (χ2v) is 7.40. The van der Waals surface area contributed by atoms with Gasteiger partial charge in [0.25, 0.3) is 0 Å². The molecule has 3 N–H and O–H groups in total. The third kappa shape index (κ3) is 5.52. The number of rotatable bonds is 6. The molecule has 1 aliphatic carbocycles. The predicted octanol–water partition coefficient (Wildman–Crippen LogP) is 2.79. The largest absolute Gasteiger partial charge is 0.370 e. The molecule has 2 fully saturated rings. The van der Waals surface area contributed by atoms with Crippen LogP contribution < -0.4 is 11.1 Å². The summed E-state index contributed by atoms with van der Waals surface area (Å²) in [5, 5.41) is 3.41. The summed E-state index contributed by atoms with van der Waals surface area (Å²) in [7, 11) is 0. The molecule has 1 heterocycles. The van der Waals surface area contributed by atoms with Gasteiger partial charge >= 0.3 is 0 Å². The number of hydrogen-bond acceptors (Lipinski definition) is 2. The van der Waals surface area contributed by atoms with Gasteiger partial charge < -0.3 is 16.0 Å². The number of nitrogens with one attached hydrogen (secondary N) is 1. The molecule has 132 valence electrons. The van der Waals surface area contributed by atoms with Crippen LogP contribution in [0.4, 0.5) is 0 Å². The SMILES string of the molecule is NC(=NCC1CCN(CCc2ccccc2)C1)NC1CCCCC1. The second-order valence-electron chi connectivity index (χ2n) is 7.40. The fourth-order valence-electron chi connectivity index (χ4n) is 3.93. The van der Waals surface area contributed by atoms with Gasteiger partial charge in [-0.15, -0.1) is 0 Å². The Morgan fingerprint density at radius 3 is 2.71 bits per heavy atom. The van der Waals surface area contributed by atoms with E-state index in [-0.39, 0.29) is 0 Å². The first-order valence-electron chi connectivity index (χ1n) is 9.62. The van der Waals surface area contributed by atoms with Crippen molar-refractivity contribution in [3.05, 3.63) is 35.9 Å². The first kappa shape index (κ1) is 17.3. The number of nitrogens with zero attached hydrogens (tertiary/aromatic N) is 2. The van der Waals surface area contributed by atoms with Crippen molar-refractivity contribution in [1.29, 1.82) is 0 Å². The Morgan fingerprint density at radius 1 is 1.12 bits per heavy atom. The highest BCUT2D eigenvalue weighted by Crippen LogP contribution is 2.18. The lowest BCUT2D eigenvalue weighted by molar-refractivity contribution is 0.329. The smallest absolute Gasteiger partial charge is 0.188 e. The molecule has 24 heavy (non-hydrogen) atoms. The standard InChI is InChI=1S/C20H32N4/c21-20(23-19-9-5-2-6-10-19)22-15-18-12-14-24(16-18)13-11-17-7-3-1-4-8-17/h1,3-4,7-8,18-19H,2,5-6,9-16H2,(H3,21,22,23). The van der Waals surface area contributed by atoms with E-state index in [1.165, 1.54) is 50.6 Å². The van der Waals surface area contributed by atoms with Gasteiger partial charge in [-0.1, -0.05) is 49.6 Å². The molecule has 1 unspecified atom stereocenters. The van der Waals surface area contributed by atoms with Crippen LogP contribution in [0.15, 0.2) is 35.3 Å². The lowest BCUT2D eigenvalue weighted by atomic mass is 9.96. The third-order valence-corrected chi connectivity index (χ3v) is 5.41. The molecule has 1 aliphatic heterocycles. The van der Waals surface area contributed by atoms with Gasteiger partial charge in [-0.2, -0.15) is 0 Å². The molecular weight excluding hydrogens is 296 g/mol. The van der Waals surface area contributed by atoms with Crippen LogP contribution in [0.5, 0.6) is 0 Å². The fourth-order valence-corrected chi connectivity index (χ4v) is 3.93. The maximum Gasteiger partial charge on any atom is 0.188 e. The fraction of sp³-hybridized carbons (Fsp3) is 0.650. The zero-order chi connectivity index (χ0) is 16.6. The van der Waals surface area contributed by atoms with Gasteiger partial charge in [-0.3, -0.25) is 4.99 Å². The van der Waals surface area contributed by atoms with E-state index >= 15 is 0 Å². The molecule has 3 rings (SSSR count). The van der Waals surface area contributed by atoms with Crippen LogP contribution >= 0.6 is 0 Å². The zero-order valence-corrected chi connectivity index (χ0v) is 14.8. The van der Waals surface area contributed by atoms with Crippen LogP contribution in [-0.2, 0) is 6.42 Å². The molecule has 1 aromatic rings. The Labute approximate surface area is 146 Å². The van der Waals surface area contributed by atoms with E-state index < -0.39 is 0 Å². The minimum atomic E-state index is 0.549. The van der Waals surface area contributed by atoms with Gasteiger partial charge in [0.15, 0.2) is 5.96 Å². The highest BCUT2D eigenvalue weighted by atomic mass is 15.2. The second kappa shape index (κ2) is 9.07. The molecule has 4 heteroatoms. The summed E-state index contributed by atoms with van der Waals surface area (Å²) in [6, 6.07) is 11.3. The van der Waals surface area contributed by atoms with Crippen LogP contribution in [0.3, 0.4) is 0 Å².